The van der Waals surface area contributed by atoms with Crippen molar-refractivity contribution in [3.63, 3.8) is 0 Å². The molecule has 0 bridgehead atoms. The lowest BCUT2D eigenvalue weighted by Crippen LogP contribution is -2.37. The fraction of sp³-hybridized carbons (Fsp3) is 0.462. The Morgan fingerprint density at radius 1 is 1.47 bits per heavy atom. The minimum atomic E-state index is -1.16. The summed E-state index contributed by atoms with van der Waals surface area (Å²) in [7, 11) is 0. The molecular formula is C13H18N2O4. The van der Waals surface area contributed by atoms with Crippen molar-refractivity contribution in [1.29, 1.82) is 0 Å². The van der Waals surface area contributed by atoms with Crippen LogP contribution in [0.15, 0.2) is 23.1 Å². The van der Waals surface area contributed by atoms with Gasteiger partial charge in [-0.1, -0.05) is 13.3 Å². The number of carboxylic acid groups (broad SMARTS) is 1. The number of nitrogens with one attached hydrogen (secondary N) is 1. The van der Waals surface area contributed by atoms with Crippen molar-refractivity contribution in [1.82, 2.24) is 9.88 Å². The first-order valence-corrected chi connectivity index (χ1v) is 6.17. The summed E-state index contributed by atoms with van der Waals surface area (Å²) in [4.78, 5) is 34.0. The fourth-order valence-electron chi connectivity index (χ4n) is 1.75. The molecule has 1 aromatic rings. The Morgan fingerprint density at radius 2 is 2.16 bits per heavy atom. The Kier molecular flexibility index (Phi) is 5.29. The summed E-state index contributed by atoms with van der Waals surface area (Å²) in [6.45, 7) is 3.82. The third-order valence-electron chi connectivity index (χ3n) is 2.69. The molecule has 0 saturated heterocycles. The molecule has 1 amide bonds. The van der Waals surface area contributed by atoms with Crippen LogP contribution in [-0.2, 0) is 11.3 Å². The topological polar surface area (TPSA) is 88.4 Å². The van der Waals surface area contributed by atoms with E-state index in [4.69, 9.17) is 5.11 Å². The summed E-state index contributed by atoms with van der Waals surface area (Å²) in [5, 5.41) is 11.5. The predicted molar refractivity (Wildman–Crippen MR) is 70.2 cm³/mol. The van der Waals surface area contributed by atoms with Crippen molar-refractivity contribution in [2.75, 3.05) is 0 Å². The highest BCUT2D eigenvalue weighted by atomic mass is 16.4. The molecule has 0 aliphatic heterocycles. The molecule has 0 spiro atoms. The highest BCUT2D eigenvalue weighted by Gasteiger charge is 2.10. The molecule has 6 heteroatoms. The maximum Gasteiger partial charge on any atom is 0.335 e. The highest BCUT2D eigenvalue weighted by molar-refractivity contribution is 5.87. The smallest absolute Gasteiger partial charge is 0.335 e. The van der Waals surface area contributed by atoms with E-state index < -0.39 is 11.5 Å². The van der Waals surface area contributed by atoms with Gasteiger partial charge in [0.05, 0.1) is 5.56 Å². The van der Waals surface area contributed by atoms with Crippen LogP contribution in [0.5, 0.6) is 0 Å². The van der Waals surface area contributed by atoms with E-state index in [1.807, 2.05) is 13.8 Å². The number of pyridine rings is 1. The molecule has 104 valence electrons. The summed E-state index contributed by atoms with van der Waals surface area (Å²) >= 11 is 0. The number of carbonyl (C=O) groups excluding carboxylic acids is 1. The monoisotopic (exact) mass is 266 g/mol. The number of hydrogen-bond donors (Lipinski definition) is 2. The average Bonchev–Trinajstić information content (AvgIpc) is 2.31. The summed E-state index contributed by atoms with van der Waals surface area (Å²) in [5.41, 5.74) is -0.584. The lowest BCUT2D eigenvalue weighted by molar-refractivity contribution is -0.122. The van der Waals surface area contributed by atoms with Crippen LogP contribution < -0.4 is 10.9 Å². The molecule has 1 unspecified atom stereocenters. The van der Waals surface area contributed by atoms with Gasteiger partial charge < -0.3 is 15.0 Å². The maximum atomic E-state index is 11.7. The molecule has 6 nitrogen and oxygen atoms in total. The van der Waals surface area contributed by atoms with Crippen LogP contribution >= 0.6 is 0 Å². The Balaban J connectivity index is 2.70. The molecule has 0 fully saturated rings. The molecular weight excluding hydrogens is 248 g/mol. The van der Waals surface area contributed by atoms with Gasteiger partial charge in [-0.15, -0.1) is 0 Å². The lowest BCUT2D eigenvalue weighted by atomic mass is 10.2. The molecule has 19 heavy (non-hydrogen) atoms. The van der Waals surface area contributed by atoms with Gasteiger partial charge in [0.1, 0.15) is 6.54 Å². The summed E-state index contributed by atoms with van der Waals surface area (Å²) < 4.78 is 1.18. The van der Waals surface area contributed by atoms with Crippen molar-refractivity contribution < 1.29 is 14.7 Å². The quantitative estimate of drug-likeness (QED) is 0.799. The molecule has 1 aromatic heterocycles. The van der Waals surface area contributed by atoms with Crippen LogP contribution in [0.2, 0.25) is 0 Å². The minimum absolute atomic E-state index is 0.0616. The SMILES string of the molecule is CCCC(C)NC(=O)Cn1ccc(C(=O)O)cc1=O. The normalized spacial score (nSPS) is 11.9. The molecule has 1 rings (SSSR count). The molecule has 1 atom stereocenters. The maximum absolute atomic E-state index is 11.7. The molecule has 1 heterocycles. The molecule has 0 saturated carbocycles. The zero-order chi connectivity index (χ0) is 14.4. The lowest BCUT2D eigenvalue weighted by Gasteiger charge is -2.13. The van der Waals surface area contributed by atoms with Gasteiger partial charge in [0, 0.05) is 18.3 Å². The second kappa shape index (κ2) is 6.72. The van der Waals surface area contributed by atoms with Crippen molar-refractivity contribution in [3.8, 4) is 0 Å². The van der Waals surface area contributed by atoms with Crippen molar-refractivity contribution in [3.05, 3.63) is 34.2 Å². The summed E-state index contributed by atoms with van der Waals surface area (Å²) in [6, 6.07) is 2.36. The molecule has 0 aliphatic rings. The first-order chi connectivity index (χ1) is 8.93. The van der Waals surface area contributed by atoms with Gasteiger partial charge in [0.2, 0.25) is 5.91 Å². The number of amides is 1. The number of carboxylic acids is 1. The van der Waals surface area contributed by atoms with E-state index in [0.717, 1.165) is 18.9 Å². The zero-order valence-electron chi connectivity index (χ0n) is 11.0. The number of nitrogens with zero attached hydrogens (tertiary/aromatic N) is 1. The Morgan fingerprint density at radius 3 is 2.68 bits per heavy atom. The summed E-state index contributed by atoms with van der Waals surface area (Å²) in [5.74, 6) is -1.42. The molecule has 2 N–H and O–H groups in total. The first kappa shape index (κ1) is 14.9. The van der Waals surface area contributed by atoms with Crippen LogP contribution in [0.3, 0.4) is 0 Å². The second-order valence-electron chi connectivity index (χ2n) is 4.44. The van der Waals surface area contributed by atoms with Crippen molar-refractivity contribution in [2.24, 2.45) is 0 Å². The number of rotatable bonds is 6. The van der Waals surface area contributed by atoms with Crippen LogP contribution in [0.4, 0.5) is 0 Å². The van der Waals surface area contributed by atoms with Gasteiger partial charge >= 0.3 is 5.97 Å². The second-order valence-corrected chi connectivity index (χ2v) is 4.44. The van der Waals surface area contributed by atoms with Crippen LogP contribution in [0.1, 0.15) is 37.0 Å². The third kappa shape index (κ3) is 4.57. The van der Waals surface area contributed by atoms with Gasteiger partial charge in [-0.25, -0.2) is 4.79 Å². The van der Waals surface area contributed by atoms with Crippen molar-refractivity contribution >= 4 is 11.9 Å². The Labute approximate surface area is 111 Å². The van der Waals surface area contributed by atoms with Crippen LogP contribution in [0, 0.1) is 0 Å². The Bertz CT molecular complexity index is 522. The van der Waals surface area contributed by atoms with Gasteiger partial charge in [0.25, 0.3) is 5.56 Å². The predicted octanol–water partition coefficient (Wildman–Crippen LogP) is 0.851. The highest BCUT2D eigenvalue weighted by Crippen LogP contribution is 1.96. The van der Waals surface area contributed by atoms with E-state index in [1.165, 1.54) is 16.8 Å². The van der Waals surface area contributed by atoms with Gasteiger partial charge in [0.15, 0.2) is 0 Å². The summed E-state index contributed by atoms with van der Waals surface area (Å²) in [6.07, 6.45) is 3.16. The number of aromatic nitrogens is 1. The number of aromatic carboxylic acids is 1. The standard InChI is InChI=1S/C13H18N2O4/c1-3-4-9(2)14-11(16)8-15-6-5-10(13(18)19)7-12(15)17/h5-7,9H,3-4,8H2,1-2H3,(H,14,16)(H,18,19). The minimum Gasteiger partial charge on any atom is -0.478 e. The first-order valence-electron chi connectivity index (χ1n) is 6.17. The van der Waals surface area contributed by atoms with Crippen LogP contribution in [-0.4, -0.2) is 27.6 Å². The van der Waals surface area contributed by atoms with Gasteiger partial charge in [-0.3, -0.25) is 9.59 Å². The average molecular weight is 266 g/mol. The van der Waals surface area contributed by atoms with Crippen molar-refractivity contribution in [2.45, 2.75) is 39.3 Å². The van der Waals surface area contributed by atoms with Gasteiger partial charge in [-0.2, -0.15) is 0 Å². The number of carbonyl (C=O) groups is 2. The van der Waals surface area contributed by atoms with E-state index in [1.54, 1.807) is 0 Å². The largest absolute Gasteiger partial charge is 0.478 e. The fourth-order valence-corrected chi connectivity index (χ4v) is 1.75. The van der Waals surface area contributed by atoms with E-state index >= 15 is 0 Å². The van der Waals surface area contributed by atoms with E-state index in [9.17, 15) is 14.4 Å². The molecule has 0 radical (unpaired) electrons. The van der Waals surface area contributed by atoms with Gasteiger partial charge in [-0.05, 0) is 19.4 Å². The third-order valence-corrected chi connectivity index (χ3v) is 2.69. The van der Waals surface area contributed by atoms with Crippen LogP contribution in [0.25, 0.3) is 0 Å². The number of hydrogen-bond acceptors (Lipinski definition) is 3. The van der Waals surface area contributed by atoms with E-state index in [2.05, 4.69) is 5.32 Å². The zero-order valence-corrected chi connectivity index (χ0v) is 11.0. The Hall–Kier alpha value is -2.11. The molecule has 0 aromatic carbocycles. The van der Waals surface area contributed by atoms with E-state index in [-0.39, 0.29) is 24.1 Å². The van der Waals surface area contributed by atoms with E-state index in [0.29, 0.717) is 0 Å². The molecule has 0 aliphatic carbocycles.